The summed E-state index contributed by atoms with van der Waals surface area (Å²) in [7, 11) is 0. The van der Waals surface area contributed by atoms with Gasteiger partial charge in [-0.25, -0.2) is 4.98 Å². The van der Waals surface area contributed by atoms with Gasteiger partial charge < -0.3 is 14.6 Å². The van der Waals surface area contributed by atoms with E-state index < -0.39 is 0 Å². The fourth-order valence-electron chi connectivity index (χ4n) is 4.06. The summed E-state index contributed by atoms with van der Waals surface area (Å²) in [5, 5.41) is 3.44. The number of hydrogen-bond donors (Lipinski definition) is 1. The molecule has 170 valence electrons. The number of para-hydroxylation sites is 1. The highest BCUT2D eigenvalue weighted by Gasteiger charge is 2.25. The Morgan fingerprint density at radius 3 is 2.59 bits per heavy atom. The lowest BCUT2D eigenvalue weighted by Gasteiger charge is -2.17. The summed E-state index contributed by atoms with van der Waals surface area (Å²) in [5.74, 6) is 0.838. The monoisotopic (exact) mass is 471 g/mol. The van der Waals surface area contributed by atoms with Gasteiger partial charge in [0.2, 0.25) is 5.91 Å². The molecule has 2 heterocycles. The fourth-order valence-corrected chi connectivity index (χ4v) is 4.29. The van der Waals surface area contributed by atoms with Crippen LogP contribution >= 0.6 is 11.6 Å². The second-order valence-electron chi connectivity index (χ2n) is 8.06. The first kappa shape index (κ1) is 21.9. The Morgan fingerprint density at radius 1 is 1.00 bits per heavy atom. The molecule has 34 heavy (non-hydrogen) atoms. The quantitative estimate of drug-likeness (QED) is 0.387. The van der Waals surface area contributed by atoms with Crippen LogP contribution in [0.4, 0.5) is 11.4 Å². The molecular weight excluding hydrogens is 450 g/mol. The summed E-state index contributed by atoms with van der Waals surface area (Å²) in [6.45, 7) is 0.676. The van der Waals surface area contributed by atoms with Crippen LogP contribution in [-0.4, -0.2) is 23.3 Å². The summed E-state index contributed by atoms with van der Waals surface area (Å²) in [6, 6.07) is 22.3. The number of halogens is 1. The van der Waals surface area contributed by atoms with E-state index in [9.17, 15) is 9.59 Å². The molecule has 6 nitrogen and oxygen atoms in total. The molecule has 5 rings (SSSR count). The lowest BCUT2D eigenvalue weighted by molar-refractivity contribution is -0.116. The smallest absolute Gasteiger partial charge is 0.258 e. The predicted octanol–water partition coefficient (Wildman–Crippen LogP) is 5.77. The molecule has 0 atom stereocenters. The number of benzene rings is 3. The van der Waals surface area contributed by atoms with Crippen molar-refractivity contribution in [1.29, 1.82) is 0 Å². The number of aryl methyl sites for hydroxylation is 1. The van der Waals surface area contributed by atoms with Crippen molar-refractivity contribution < 1.29 is 14.0 Å². The highest BCUT2D eigenvalue weighted by Crippen LogP contribution is 2.30. The van der Waals surface area contributed by atoms with E-state index in [0.717, 1.165) is 17.7 Å². The zero-order valence-corrected chi connectivity index (χ0v) is 19.1. The molecule has 1 N–H and O–H groups in total. The highest BCUT2D eigenvalue weighted by atomic mass is 35.5. The molecule has 7 heteroatoms. The summed E-state index contributed by atoms with van der Waals surface area (Å²) < 4.78 is 5.75. The van der Waals surface area contributed by atoms with E-state index in [1.54, 1.807) is 41.4 Å². The molecule has 0 spiro atoms. The van der Waals surface area contributed by atoms with Gasteiger partial charge in [0, 0.05) is 41.9 Å². The van der Waals surface area contributed by atoms with Crippen LogP contribution in [0, 0.1) is 0 Å². The lowest BCUT2D eigenvalue weighted by atomic mass is 10.1. The number of aromatic nitrogens is 1. The molecule has 4 aromatic rings. The first-order chi connectivity index (χ1) is 16.6. The van der Waals surface area contributed by atoms with Crippen molar-refractivity contribution in [3.8, 4) is 11.3 Å². The average Bonchev–Trinajstić information content (AvgIpc) is 3.50. The molecule has 0 bridgehead atoms. The van der Waals surface area contributed by atoms with Crippen molar-refractivity contribution in [1.82, 2.24) is 4.98 Å². The van der Waals surface area contributed by atoms with Crippen molar-refractivity contribution in [3.63, 3.8) is 0 Å². The minimum atomic E-state index is -0.162. The number of oxazole rings is 1. The average molecular weight is 472 g/mol. The first-order valence-corrected chi connectivity index (χ1v) is 11.5. The maximum Gasteiger partial charge on any atom is 0.258 e. The Bertz CT molecular complexity index is 1350. The van der Waals surface area contributed by atoms with Gasteiger partial charge >= 0.3 is 0 Å². The second-order valence-corrected chi connectivity index (χ2v) is 8.47. The number of nitrogens with zero attached hydrogens (tertiary/aromatic N) is 2. The maximum absolute atomic E-state index is 12.9. The molecular formula is C27H22ClN3O3. The van der Waals surface area contributed by atoms with E-state index in [-0.39, 0.29) is 18.2 Å². The molecule has 0 fully saturated rings. The van der Waals surface area contributed by atoms with Crippen LogP contribution in [0.25, 0.3) is 11.3 Å². The van der Waals surface area contributed by atoms with Crippen molar-refractivity contribution in [2.24, 2.45) is 0 Å². The lowest BCUT2D eigenvalue weighted by Crippen LogP contribution is -2.28. The molecule has 0 aliphatic carbocycles. The van der Waals surface area contributed by atoms with Crippen LogP contribution in [0.3, 0.4) is 0 Å². The van der Waals surface area contributed by atoms with E-state index >= 15 is 0 Å². The Hall–Kier alpha value is -3.90. The number of rotatable bonds is 6. The molecule has 0 saturated carbocycles. The van der Waals surface area contributed by atoms with Crippen molar-refractivity contribution in [3.05, 3.63) is 101 Å². The number of carbonyl (C=O) groups is 2. The molecule has 1 aromatic heterocycles. The molecule has 0 radical (unpaired) electrons. The van der Waals surface area contributed by atoms with Crippen LogP contribution in [0.2, 0.25) is 5.02 Å². The first-order valence-electron chi connectivity index (χ1n) is 11.1. The second kappa shape index (κ2) is 9.53. The van der Waals surface area contributed by atoms with E-state index in [4.69, 9.17) is 16.0 Å². The van der Waals surface area contributed by atoms with Crippen LogP contribution in [-0.2, 0) is 17.6 Å². The Morgan fingerprint density at radius 2 is 1.76 bits per heavy atom. The van der Waals surface area contributed by atoms with Crippen molar-refractivity contribution in [2.45, 2.75) is 19.3 Å². The topological polar surface area (TPSA) is 75.4 Å². The zero-order valence-electron chi connectivity index (χ0n) is 18.3. The number of carbonyl (C=O) groups excluding carboxylic acids is 2. The molecule has 1 aliphatic rings. The van der Waals surface area contributed by atoms with E-state index in [1.807, 2.05) is 36.4 Å². The van der Waals surface area contributed by atoms with Gasteiger partial charge in [0.05, 0.1) is 11.2 Å². The Balaban J connectivity index is 1.16. The highest BCUT2D eigenvalue weighted by molar-refractivity contribution is 6.33. The number of amides is 2. The van der Waals surface area contributed by atoms with Crippen LogP contribution in [0.1, 0.15) is 28.2 Å². The third-order valence-electron chi connectivity index (χ3n) is 5.81. The van der Waals surface area contributed by atoms with E-state index in [2.05, 4.69) is 16.4 Å². The summed E-state index contributed by atoms with van der Waals surface area (Å²) in [4.78, 5) is 31.4. The van der Waals surface area contributed by atoms with Crippen LogP contribution in [0.5, 0.6) is 0 Å². The normalized spacial score (nSPS) is 12.4. The van der Waals surface area contributed by atoms with Gasteiger partial charge in [-0.2, -0.15) is 0 Å². The van der Waals surface area contributed by atoms with Gasteiger partial charge in [0.1, 0.15) is 0 Å². The van der Waals surface area contributed by atoms with E-state index in [0.29, 0.717) is 40.9 Å². The van der Waals surface area contributed by atoms with Crippen molar-refractivity contribution >= 4 is 34.8 Å². The minimum absolute atomic E-state index is 0.0407. The van der Waals surface area contributed by atoms with Gasteiger partial charge in [-0.3, -0.25) is 9.59 Å². The molecule has 1 aliphatic heterocycles. The number of nitrogens with one attached hydrogen (secondary N) is 1. The predicted molar refractivity (Wildman–Crippen MR) is 132 cm³/mol. The zero-order chi connectivity index (χ0) is 23.5. The summed E-state index contributed by atoms with van der Waals surface area (Å²) in [5.41, 5.74) is 4.13. The maximum atomic E-state index is 12.9. The number of hydrogen-bond acceptors (Lipinski definition) is 4. The summed E-state index contributed by atoms with van der Waals surface area (Å²) >= 11 is 6.20. The molecule has 0 unspecified atom stereocenters. The number of anilines is 2. The summed E-state index contributed by atoms with van der Waals surface area (Å²) in [6.07, 6.45) is 3.05. The molecule has 2 amide bonds. The van der Waals surface area contributed by atoms with Crippen LogP contribution < -0.4 is 10.2 Å². The van der Waals surface area contributed by atoms with Crippen molar-refractivity contribution in [2.75, 3.05) is 16.8 Å². The standard InChI is InChI=1S/C27H22ClN3O3/c28-22-7-3-2-6-21(22)24-17-29-26(34-24)14-13-25(32)30-20-11-9-19(10-12-20)27(33)31-16-15-18-5-1-4-8-23(18)31/h1-12,17H,13-16H2,(H,30,32). The van der Waals surface area contributed by atoms with Gasteiger partial charge in [0.15, 0.2) is 11.7 Å². The molecule has 3 aromatic carbocycles. The fraction of sp³-hybridized carbons (Fsp3) is 0.148. The Labute approximate surface area is 202 Å². The molecule has 0 saturated heterocycles. The van der Waals surface area contributed by atoms with E-state index in [1.165, 1.54) is 5.56 Å². The van der Waals surface area contributed by atoms with Gasteiger partial charge in [-0.1, -0.05) is 41.9 Å². The van der Waals surface area contributed by atoms with Gasteiger partial charge in [0.25, 0.3) is 5.91 Å². The van der Waals surface area contributed by atoms with Crippen LogP contribution in [0.15, 0.2) is 83.4 Å². The SMILES string of the molecule is O=C(CCc1ncc(-c2ccccc2Cl)o1)Nc1ccc(C(=O)N2CCc3ccccc32)cc1. The van der Waals surface area contributed by atoms with Gasteiger partial charge in [-0.05, 0) is 54.4 Å². The third-order valence-corrected chi connectivity index (χ3v) is 6.14. The number of fused-ring (bicyclic) bond motifs is 1. The minimum Gasteiger partial charge on any atom is -0.441 e. The van der Waals surface area contributed by atoms with Gasteiger partial charge in [-0.15, -0.1) is 0 Å². The Kier molecular flexibility index (Phi) is 6.14. The largest absolute Gasteiger partial charge is 0.441 e. The third kappa shape index (κ3) is 4.58.